The third-order valence-corrected chi connectivity index (χ3v) is 7.00. The fraction of sp³-hybridized carbons (Fsp3) is 0.417. The van der Waals surface area contributed by atoms with Gasteiger partial charge in [0, 0.05) is 6.04 Å². The van der Waals surface area contributed by atoms with Crippen LogP contribution in [-0.2, 0) is 11.2 Å². The summed E-state index contributed by atoms with van der Waals surface area (Å²) >= 11 is 1.81. The lowest BCUT2D eigenvalue weighted by Crippen LogP contribution is -3.14. The van der Waals surface area contributed by atoms with Gasteiger partial charge >= 0.3 is 0 Å². The van der Waals surface area contributed by atoms with Crippen molar-refractivity contribution in [3.05, 3.63) is 65.2 Å². The molecule has 0 saturated carbocycles. The number of nitrogens with zero attached hydrogens (tertiary/aromatic N) is 1. The van der Waals surface area contributed by atoms with Crippen LogP contribution in [0, 0.1) is 0 Å². The molecule has 1 aliphatic heterocycles. The lowest BCUT2D eigenvalue weighted by molar-refractivity contribution is -0.898. The fourth-order valence-electron chi connectivity index (χ4n) is 4.24. The third-order valence-electron chi connectivity index (χ3n) is 5.80. The first-order valence-electron chi connectivity index (χ1n) is 10.7. The lowest BCUT2D eigenvalue weighted by Gasteiger charge is -2.28. The molecule has 2 N–H and O–H groups in total. The van der Waals surface area contributed by atoms with Gasteiger partial charge in [0.25, 0.3) is 5.91 Å². The van der Waals surface area contributed by atoms with Crippen molar-refractivity contribution < 1.29 is 9.69 Å². The van der Waals surface area contributed by atoms with Gasteiger partial charge in [0.2, 0.25) is 0 Å². The molecule has 2 heterocycles. The Morgan fingerprint density at radius 2 is 2.00 bits per heavy atom. The first-order valence-corrected chi connectivity index (χ1v) is 11.5. The normalized spacial score (nSPS) is 20.4. The minimum atomic E-state index is 0.172. The average Bonchev–Trinajstić information content (AvgIpc) is 3.17. The van der Waals surface area contributed by atoms with E-state index in [2.05, 4.69) is 54.7 Å². The molecule has 152 valence electrons. The molecule has 29 heavy (non-hydrogen) atoms. The van der Waals surface area contributed by atoms with Crippen LogP contribution in [0.3, 0.4) is 0 Å². The number of thiazole rings is 1. The number of hydrogen-bond acceptors (Lipinski definition) is 3. The first kappa shape index (κ1) is 20.0. The molecule has 1 aromatic heterocycles. The topological polar surface area (TPSA) is 46.4 Å². The highest BCUT2D eigenvalue weighted by Gasteiger charge is 2.28. The van der Waals surface area contributed by atoms with E-state index in [1.807, 2.05) is 23.5 Å². The molecule has 3 atom stereocenters. The van der Waals surface area contributed by atoms with Gasteiger partial charge in [0.1, 0.15) is 5.01 Å². The number of aryl methyl sites for hydroxylation is 1. The van der Waals surface area contributed by atoms with Crippen molar-refractivity contribution in [2.24, 2.45) is 0 Å². The number of piperidine rings is 1. The summed E-state index contributed by atoms with van der Waals surface area (Å²) < 4.78 is 1.26. The molecule has 1 unspecified atom stereocenters. The van der Waals surface area contributed by atoms with E-state index < -0.39 is 0 Å². The maximum Gasteiger partial charge on any atom is 0.275 e. The second-order valence-electron chi connectivity index (χ2n) is 8.23. The monoisotopic (exact) mass is 408 g/mol. The predicted molar refractivity (Wildman–Crippen MR) is 120 cm³/mol. The van der Waals surface area contributed by atoms with E-state index in [0.29, 0.717) is 12.5 Å². The number of fused-ring (bicyclic) bond motifs is 1. The van der Waals surface area contributed by atoms with Gasteiger partial charge in [0.15, 0.2) is 6.54 Å². The van der Waals surface area contributed by atoms with Crippen molar-refractivity contribution >= 4 is 27.5 Å². The zero-order valence-electron chi connectivity index (χ0n) is 17.1. The molecule has 0 radical (unpaired) electrons. The van der Waals surface area contributed by atoms with E-state index in [1.165, 1.54) is 26.6 Å². The molecule has 1 aliphatic rings. The van der Waals surface area contributed by atoms with Gasteiger partial charge in [-0.3, -0.25) is 4.79 Å². The highest BCUT2D eigenvalue weighted by molar-refractivity contribution is 7.18. The number of aromatic nitrogens is 1. The predicted octanol–water partition coefficient (Wildman–Crippen LogP) is 3.20. The number of carbonyl (C=O) groups excluding carboxylic acids is 1. The second-order valence-corrected chi connectivity index (χ2v) is 9.29. The molecular formula is C24H30N3OS+. The lowest BCUT2D eigenvalue weighted by atomic mass is 9.98. The van der Waals surface area contributed by atoms with Crippen molar-refractivity contribution in [2.45, 2.75) is 44.6 Å². The molecule has 1 saturated heterocycles. The van der Waals surface area contributed by atoms with E-state index in [4.69, 9.17) is 4.98 Å². The van der Waals surface area contributed by atoms with Crippen LogP contribution in [0.4, 0.5) is 0 Å². The minimum absolute atomic E-state index is 0.172. The van der Waals surface area contributed by atoms with Crippen LogP contribution in [0.2, 0.25) is 0 Å². The van der Waals surface area contributed by atoms with Crippen molar-refractivity contribution in [1.29, 1.82) is 0 Å². The quantitative estimate of drug-likeness (QED) is 0.631. The molecular weight excluding hydrogens is 378 g/mol. The van der Waals surface area contributed by atoms with E-state index in [9.17, 15) is 4.79 Å². The molecule has 1 amide bonds. The van der Waals surface area contributed by atoms with Gasteiger partial charge < -0.3 is 10.2 Å². The van der Waals surface area contributed by atoms with Gasteiger partial charge in [-0.25, -0.2) is 4.98 Å². The minimum Gasteiger partial charge on any atom is -0.349 e. The van der Waals surface area contributed by atoms with Gasteiger partial charge in [-0.1, -0.05) is 42.5 Å². The van der Waals surface area contributed by atoms with Gasteiger partial charge in [-0.2, -0.15) is 0 Å². The fourth-order valence-corrected chi connectivity index (χ4v) is 5.34. The summed E-state index contributed by atoms with van der Waals surface area (Å²) in [7, 11) is 0. The van der Waals surface area contributed by atoms with Crippen LogP contribution >= 0.6 is 11.3 Å². The number of likely N-dealkylation sites (tertiary alicyclic amines) is 1. The molecule has 4 nitrogen and oxygen atoms in total. The highest BCUT2D eigenvalue weighted by atomic mass is 32.1. The molecule has 3 aromatic rings. The largest absolute Gasteiger partial charge is 0.349 e. The summed E-state index contributed by atoms with van der Waals surface area (Å²) in [5.41, 5.74) is 2.43. The molecule has 5 heteroatoms. The van der Waals surface area contributed by atoms with Crippen LogP contribution in [0.25, 0.3) is 10.2 Å². The Labute approximate surface area is 177 Å². The Hall–Kier alpha value is -2.24. The summed E-state index contributed by atoms with van der Waals surface area (Å²) in [5.74, 6) is 0.643. The summed E-state index contributed by atoms with van der Waals surface area (Å²) in [6, 6.07) is 19.0. The summed E-state index contributed by atoms with van der Waals surface area (Å²) in [4.78, 5) is 18.8. The van der Waals surface area contributed by atoms with Crippen LogP contribution in [-0.4, -0.2) is 36.6 Å². The van der Waals surface area contributed by atoms with Crippen LogP contribution < -0.4 is 10.2 Å². The molecule has 4 rings (SSSR count). The summed E-state index contributed by atoms with van der Waals surface area (Å²) in [6.45, 7) is 4.76. The molecule has 2 aromatic carbocycles. The van der Waals surface area contributed by atoms with Crippen molar-refractivity contribution in [1.82, 2.24) is 10.3 Å². The molecule has 0 bridgehead atoms. The number of rotatable bonds is 7. The second kappa shape index (κ2) is 9.51. The van der Waals surface area contributed by atoms with Crippen molar-refractivity contribution in [3.8, 4) is 0 Å². The number of hydrogen-bond donors (Lipinski definition) is 2. The SMILES string of the molecule is C[C@H](CCc1ccccc1)NC(=O)C[NH+]1CCC[C@H](c2nc3ccccc3s2)C1. The van der Waals surface area contributed by atoms with Crippen LogP contribution in [0.15, 0.2) is 54.6 Å². The standard InChI is InChI=1S/C24H29N3OS/c1-18(13-14-19-8-3-2-4-9-19)25-23(28)17-27-15-7-10-20(16-27)24-26-21-11-5-6-12-22(21)29-24/h2-6,8-9,11-12,18,20H,7,10,13-17H2,1H3,(H,25,28)/p+1/t18-,20+/m1/s1. The average molecular weight is 409 g/mol. The zero-order valence-corrected chi connectivity index (χ0v) is 17.9. The Morgan fingerprint density at radius 1 is 1.21 bits per heavy atom. The highest BCUT2D eigenvalue weighted by Crippen LogP contribution is 2.30. The summed E-state index contributed by atoms with van der Waals surface area (Å²) in [5, 5.41) is 4.44. The maximum absolute atomic E-state index is 12.6. The van der Waals surface area contributed by atoms with E-state index >= 15 is 0 Å². The Kier molecular flexibility index (Phi) is 6.57. The van der Waals surface area contributed by atoms with Gasteiger partial charge in [-0.05, 0) is 50.3 Å². The third kappa shape index (κ3) is 5.43. The molecule has 0 spiro atoms. The van der Waals surface area contributed by atoms with E-state index in [0.717, 1.165) is 37.9 Å². The number of para-hydroxylation sites is 1. The summed E-state index contributed by atoms with van der Waals surface area (Å²) in [6.07, 6.45) is 4.31. The van der Waals surface area contributed by atoms with Crippen molar-refractivity contribution in [2.75, 3.05) is 19.6 Å². The van der Waals surface area contributed by atoms with E-state index in [1.54, 1.807) is 0 Å². The van der Waals surface area contributed by atoms with Gasteiger partial charge in [0.05, 0.1) is 29.2 Å². The molecule has 1 fully saturated rings. The zero-order chi connectivity index (χ0) is 20.1. The number of amides is 1. The number of quaternary nitrogens is 1. The Balaban J connectivity index is 1.26. The van der Waals surface area contributed by atoms with Crippen LogP contribution in [0.5, 0.6) is 0 Å². The molecule has 0 aliphatic carbocycles. The Bertz CT molecular complexity index is 906. The first-order chi connectivity index (χ1) is 14.2. The number of nitrogens with one attached hydrogen (secondary N) is 2. The number of benzene rings is 2. The van der Waals surface area contributed by atoms with Crippen LogP contribution in [0.1, 0.15) is 42.7 Å². The number of carbonyl (C=O) groups is 1. The maximum atomic E-state index is 12.6. The van der Waals surface area contributed by atoms with Crippen molar-refractivity contribution in [3.63, 3.8) is 0 Å². The smallest absolute Gasteiger partial charge is 0.275 e. The Morgan fingerprint density at radius 3 is 2.83 bits per heavy atom. The van der Waals surface area contributed by atoms with Gasteiger partial charge in [-0.15, -0.1) is 11.3 Å². The van der Waals surface area contributed by atoms with E-state index in [-0.39, 0.29) is 11.9 Å².